The van der Waals surface area contributed by atoms with Crippen molar-refractivity contribution in [2.24, 2.45) is 16.6 Å². The van der Waals surface area contributed by atoms with E-state index in [-0.39, 0.29) is 0 Å². The summed E-state index contributed by atoms with van der Waals surface area (Å²) in [5, 5.41) is 0. The Morgan fingerprint density at radius 1 is 1.17 bits per heavy atom. The topological polar surface area (TPSA) is 70.9 Å². The summed E-state index contributed by atoms with van der Waals surface area (Å²) in [7, 11) is 0. The highest BCUT2D eigenvalue weighted by Crippen LogP contribution is 2.20. The number of nitrogens with zero attached hydrogens (tertiary/aromatic N) is 4. The van der Waals surface area contributed by atoms with Gasteiger partial charge >= 0.3 is 0 Å². The summed E-state index contributed by atoms with van der Waals surface area (Å²) in [6.07, 6.45) is 6.17. The number of likely N-dealkylation sites (tertiary alicyclic amines) is 2. The van der Waals surface area contributed by atoms with E-state index in [9.17, 15) is 0 Å². The van der Waals surface area contributed by atoms with Crippen LogP contribution in [0.5, 0.6) is 0 Å². The molecule has 3 rings (SSSR count). The molecule has 2 saturated heterocycles. The zero-order valence-corrected chi connectivity index (χ0v) is 15.1. The third kappa shape index (κ3) is 4.50. The molecule has 0 saturated carbocycles. The smallest absolute Gasteiger partial charge is 0.208 e. The van der Waals surface area contributed by atoms with Crippen molar-refractivity contribution in [3.8, 4) is 0 Å². The molecule has 0 amide bonds. The zero-order valence-electron chi connectivity index (χ0n) is 15.1. The monoisotopic (exact) mass is 333 g/mol. The van der Waals surface area contributed by atoms with Crippen LogP contribution in [0.25, 0.3) is 0 Å². The molecule has 1 aromatic heterocycles. The molecular weight excluding hydrogens is 302 g/mol. The molecule has 24 heavy (non-hydrogen) atoms. The van der Waals surface area contributed by atoms with Gasteiger partial charge in [-0.25, -0.2) is 4.98 Å². The fraction of sp³-hybridized carbons (Fsp3) is 0.778. The normalized spacial score (nSPS) is 21.4. The summed E-state index contributed by atoms with van der Waals surface area (Å²) >= 11 is 0. The molecule has 2 N–H and O–H groups in total. The number of nitrogens with two attached hydrogens (primary N) is 1. The van der Waals surface area contributed by atoms with Gasteiger partial charge in [0.25, 0.3) is 0 Å². The lowest BCUT2D eigenvalue weighted by Gasteiger charge is -2.31. The van der Waals surface area contributed by atoms with Crippen molar-refractivity contribution < 1.29 is 4.42 Å². The van der Waals surface area contributed by atoms with Gasteiger partial charge in [0, 0.05) is 19.6 Å². The van der Waals surface area contributed by atoms with Gasteiger partial charge in [0.1, 0.15) is 5.76 Å². The third-order valence-electron chi connectivity index (χ3n) is 5.33. The molecule has 3 heterocycles. The predicted molar refractivity (Wildman–Crippen MR) is 95.9 cm³/mol. The Balaban J connectivity index is 1.41. The second kappa shape index (κ2) is 8.01. The van der Waals surface area contributed by atoms with Crippen molar-refractivity contribution in [1.82, 2.24) is 14.8 Å². The standard InChI is InChI=1S/C18H31N5O/c1-14-15(2)24-17(21-14)13-22-10-6-16(7-11-22)12-20-18(19)23-8-4-3-5-9-23/h16H,3-13H2,1-2H3,(H2,19,20). The van der Waals surface area contributed by atoms with E-state index in [1.165, 1.54) is 32.1 Å². The fourth-order valence-corrected chi connectivity index (χ4v) is 3.57. The number of oxazole rings is 1. The van der Waals surface area contributed by atoms with Crippen LogP contribution in [0.15, 0.2) is 9.41 Å². The lowest BCUT2D eigenvalue weighted by molar-refractivity contribution is 0.166. The van der Waals surface area contributed by atoms with E-state index in [2.05, 4.69) is 19.8 Å². The first-order valence-electron chi connectivity index (χ1n) is 9.32. The Bertz CT molecular complexity index is 534. The van der Waals surface area contributed by atoms with E-state index in [0.717, 1.165) is 62.6 Å². The van der Waals surface area contributed by atoms with Crippen molar-refractivity contribution in [2.75, 3.05) is 32.7 Å². The summed E-state index contributed by atoms with van der Waals surface area (Å²) in [5.74, 6) is 3.18. The van der Waals surface area contributed by atoms with Crippen LogP contribution in [0, 0.1) is 19.8 Å². The van der Waals surface area contributed by atoms with Crippen LogP contribution in [-0.2, 0) is 6.54 Å². The minimum absolute atomic E-state index is 0.651. The molecule has 0 spiro atoms. The molecule has 0 unspecified atom stereocenters. The minimum atomic E-state index is 0.651. The van der Waals surface area contributed by atoms with E-state index < -0.39 is 0 Å². The molecule has 0 bridgehead atoms. The maximum Gasteiger partial charge on any atom is 0.208 e. The summed E-state index contributed by atoms with van der Waals surface area (Å²) in [6.45, 7) is 9.98. The average molecular weight is 333 g/mol. The van der Waals surface area contributed by atoms with Gasteiger partial charge in [-0.15, -0.1) is 0 Å². The van der Waals surface area contributed by atoms with Crippen LogP contribution >= 0.6 is 0 Å². The largest absolute Gasteiger partial charge is 0.444 e. The first kappa shape index (κ1) is 17.3. The van der Waals surface area contributed by atoms with Crippen molar-refractivity contribution in [3.63, 3.8) is 0 Å². The Morgan fingerprint density at radius 2 is 1.88 bits per heavy atom. The van der Waals surface area contributed by atoms with Gasteiger partial charge < -0.3 is 15.1 Å². The molecule has 6 nitrogen and oxygen atoms in total. The molecule has 0 atom stereocenters. The van der Waals surface area contributed by atoms with Crippen LogP contribution < -0.4 is 5.73 Å². The SMILES string of the molecule is Cc1nc(CN2CCC(CN=C(N)N3CCCCC3)CC2)oc1C. The van der Waals surface area contributed by atoms with E-state index in [1.54, 1.807) is 0 Å². The van der Waals surface area contributed by atoms with Crippen molar-refractivity contribution >= 4 is 5.96 Å². The predicted octanol–water partition coefficient (Wildman–Crippen LogP) is 2.30. The number of guanidine groups is 1. The number of rotatable bonds is 4. The van der Waals surface area contributed by atoms with E-state index in [4.69, 9.17) is 10.2 Å². The van der Waals surface area contributed by atoms with Crippen LogP contribution in [0.1, 0.15) is 49.4 Å². The number of piperidine rings is 2. The van der Waals surface area contributed by atoms with Gasteiger partial charge in [-0.1, -0.05) is 0 Å². The van der Waals surface area contributed by atoms with Crippen LogP contribution in [0.2, 0.25) is 0 Å². The van der Waals surface area contributed by atoms with E-state index >= 15 is 0 Å². The lowest BCUT2D eigenvalue weighted by atomic mass is 9.97. The van der Waals surface area contributed by atoms with Gasteiger partial charge in [-0.05, 0) is 65.0 Å². The van der Waals surface area contributed by atoms with Crippen LogP contribution in [0.3, 0.4) is 0 Å². The zero-order chi connectivity index (χ0) is 16.9. The first-order chi connectivity index (χ1) is 11.6. The highest BCUT2D eigenvalue weighted by molar-refractivity contribution is 5.78. The molecule has 0 aliphatic carbocycles. The first-order valence-corrected chi connectivity index (χ1v) is 9.32. The maximum absolute atomic E-state index is 6.16. The molecule has 2 fully saturated rings. The third-order valence-corrected chi connectivity index (χ3v) is 5.33. The summed E-state index contributed by atoms with van der Waals surface area (Å²) in [5.41, 5.74) is 7.16. The number of aromatic nitrogens is 1. The number of hydrogen-bond acceptors (Lipinski definition) is 4. The quantitative estimate of drug-likeness (QED) is 0.676. The molecular formula is C18H31N5O. The highest BCUT2D eigenvalue weighted by atomic mass is 16.4. The van der Waals surface area contributed by atoms with Gasteiger partial charge in [-0.3, -0.25) is 9.89 Å². The Labute approximate surface area is 145 Å². The molecule has 0 radical (unpaired) electrons. The van der Waals surface area contributed by atoms with Gasteiger partial charge in [0.2, 0.25) is 5.89 Å². The lowest BCUT2D eigenvalue weighted by Crippen LogP contribution is -2.41. The highest BCUT2D eigenvalue weighted by Gasteiger charge is 2.21. The molecule has 6 heteroatoms. The van der Waals surface area contributed by atoms with E-state index in [1.807, 2.05) is 13.8 Å². The molecule has 0 aromatic carbocycles. The minimum Gasteiger partial charge on any atom is -0.444 e. The van der Waals surface area contributed by atoms with Gasteiger partial charge in [0.15, 0.2) is 5.96 Å². The Kier molecular flexibility index (Phi) is 5.76. The second-order valence-electron chi connectivity index (χ2n) is 7.22. The average Bonchev–Trinajstić information content (AvgIpc) is 2.92. The summed E-state index contributed by atoms with van der Waals surface area (Å²) in [6, 6.07) is 0. The summed E-state index contributed by atoms with van der Waals surface area (Å²) in [4.78, 5) is 13.8. The van der Waals surface area contributed by atoms with Gasteiger partial charge in [0.05, 0.1) is 12.2 Å². The maximum atomic E-state index is 6.16. The van der Waals surface area contributed by atoms with Crippen molar-refractivity contribution in [3.05, 3.63) is 17.3 Å². The number of hydrogen-bond donors (Lipinski definition) is 1. The summed E-state index contributed by atoms with van der Waals surface area (Å²) < 4.78 is 5.69. The molecule has 2 aliphatic heterocycles. The Morgan fingerprint density at radius 3 is 2.50 bits per heavy atom. The fourth-order valence-electron chi connectivity index (χ4n) is 3.57. The van der Waals surface area contributed by atoms with Gasteiger partial charge in [-0.2, -0.15) is 0 Å². The Hall–Kier alpha value is -1.56. The van der Waals surface area contributed by atoms with E-state index in [0.29, 0.717) is 5.92 Å². The van der Waals surface area contributed by atoms with Crippen LogP contribution in [-0.4, -0.2) is 53.5 Å². The van der Waals surface area contributed by atoms with Crippen molar-refractivity contribution in [2.45, 2.75) is 52.5 Å². The molecule has 2 aliphatic rings. The number of aliphatic imine (C=N–C) groups is 1. The second-order valence-corrected chi connectivity index (χ2v) is 7.22. The number of aryl methyl sites for hydroxylation is 2. The molecule has 1 aromatic rings. The van der Waals surface area contributed by atoms with Crippen molar-refractivity contribution in [1.29, 1.82) is 0 Å². The molecule has 134 valence electrons. The van der Waals surface area contributed by atoms with Crippen LogP contribution in [0.4, 0.5) is 0 Å².